The summed E-state index contributed by atoms with van der Waals surface area (Å²) >= 11 is 0.889. The summed E-state index contributed by atoms with van der Waals surface area (Å²) in [7, 11) is -4.73. The van der Waals surface area contributed by atoms with Crippen molar-refractivity contribution in [3.05, 3.63) is 39.5 Å². The number of carboxylic acids is 1. The third-order valence-electron chi connectivity index (χ3n) is 3.17. The van der Waals surface area contributed by atoms with Gasteiger partial charge in [0, 0.05) is 0 Å². The van der Waals surface area contributed by atoms with E-state index in [1.54, 1.807) is 32.9 Å². The van der Waals surface area contributed by atoms with Crippen LogP contribution >= 0.6 is 11.3 Å². The van der Waals surface area contributed by atoms with Crippen molar-refractivity contribution >= 4 is 38.3 Å². The molecule has 2 rings (SSSR count). The summed E-state index contributed by atoms with van der Waals surface area (Å²) < 4.78 is 34.3. The number of benzene rings is 1. The van der Waals surface area contributed by atoms with E-state index in [1.807, 2.05) is 6.92 Å². The Morgan fingerprint density at radius 2 is 1.70 bits per heavy atom. The van der Waals surface area contributed by atoms with Gasteiger partial charge in [-0.15, -0.1) is 0 Å². The number of hydrogen-bond acceptors (Lipinski definition) is 5. The topological polar surface area (TPSA) is 108 Å². The lowest BCUT2D eigenvalue weighted by molar-refractivity contribution is 0.0692. The molecule has 0 unspecified atom stereocenters. The molecule has 1 heterocycles. The fourth-order valence-corrected chi connectivity index (χ4v) is 4.54. The lowest BCUT2D eigenvalue weighted by Gasteiger charge is -2.23. The van der Waals surface area contributed by atoms with Gasteiger partial charge in [0.25, 0.3) is 0 Å². The Bertz CT molecular complexity index is 864. The first-order valence-electron chi connectivity index (χ1n) is 6.58. The van der Waals surface area contributed by atoms with Gasteiger partial charge in [-0.1, -0.05) is 29.0 Å². The zero-order valence-corrected chi connectivity index (χ0v) is 14.6. The maximum atomic E-state index is 12.0. The zero-order chi connectivity index (χ0) is 17.5. The van der Waals surface area contributed by atoms with Crippen LogP contribution in [-0.2, 0) is 10.3 Å². The summed E-state index contributed by atoms with van der Waals surface area (Å²) in [4.78, 5) is 15.2. The molecule has 0 atom stereocenters. The number of aryl methyl sites for hydroxylation is 4. The first kappa shape index (κ1) is 17.4. The highest BCUT2D eigenvalue weighted by atomic mass is 32.2. The number of aromatic carboxylic acids is 1. The van der Waals surface area contributed by atoms with Gasteiger partial charge in [-0.05, 0) is 38.8 Å². The molecule has 7 nitrogen and oxygen atoms in total. The summed E-state index contributed by atoms with van der Waals surface area (Å²) in [6, 6.07) is 3.52. The van der Waals surface area contributed by atoms with E-state index >= 15 is 0 Å². The van der Waals surface area contributed by atoms with Crippen molar-refractivity contribution in [3.63, 3.8) is 0 Å². The number of carboxylic acid groups (broad SMARTS) is 1. The zero-order valence-electron chi connectivity index (χ0n) is 13.0. The van der Waals surface area contributed by atoms with Crippen molar-refractivity contribution in [3.8, 4) is 0 Å². The molecule has 124 valence electrons. The second-order valence-electron chi connectivity index (χ2n) is 5.18. The van der Waals surface area contributed by atoms with Crippen LogP contribution in [0.1, 0.15) is 32.2 Å². The number of aromatic nitrogens is 1. The smallest absolute Gasteiger partial charge is 0.365 e. The third kappa shape index (κ3) is 3.36. The monoisotopic (exact) mass is 356 g/mol. The molecule has 0 saturated carbocycles. The fraction of sp³-hybridized carbons (Fsp3) is 0.286. The predicted octanol–water partition coefficient (Wildman–Crippen LogP) is 3.02. The average molecular weight is 356 g/mol. The molecule has 0 aliphatic heterocycles. The van der Waals surface area contributed by atoms with Gasteiger partial charge in [-0.25, -0.2) is 14.1 Å². The van der Waals surface area contributed by atoms with Gasteiger partial charge in [0.1, 0.15) is 5.00 Å². The van der Waals surface area contributed by atoms with Gasteiger partial charge >= 0.3 is 16.3 Å². The maximum absolute atomic E-state index is 12.0. The Kier molecular flexibility index (Phi) is 4.47. The van der Waals surface area contributed by atoms with E-state index < -0.39 is 22.0 Å². The van der Waals surface area contributed by atoms with Crippen LogP contribution in [0.25, 0.3) is 0 Å². The highest BCUT2D eigenvalue weighted by Gasteiger charge is 2.32. The van der Waals surface area contributed by atoms with Gasteiger partial charge in [0.05, 0.1) is 10.7 Å². The van der Waals surface area contributed by atoms with Crippen LogP contribution in [0, 0.1) is 27.7 Å². The molecule has 23 heavy (non-hydrogen) atoms. The third-order valence-corrected chi connectivity index (χ3v) is 5.07. The molecule has 0 amide bonds. The maximum Gasteiger partial charge on any atom is 0.365 e. The number of anilines is 2. The molecule has 0 fully saturated rings. The normalized spacial score (nSPS) is 11.5. The van der Waals surface area contributed by atoms with Crippen LogP contribution in [0.3, 0.4) is 0 Å². The van der Waals surface area contributed by atoms with E-state index in [0.29, 0.717) is 20.4 Å². The Hall–Kier alpha value is -1.97. The minimum Gasteiger partial charge on any atom is -0.476 e. The highest BCUT2D eigenvalue weighted by Crippen LogP contribution is 2.39. The molecular formula is C14H16N2O5S2. The molecule has 0 spiro atoms. The van der Waals surface area contributed by atoms with Gasteiger partial charge in [-0.3, -0.25) is 4.55 Å². The molecule has 0 aliphatic rings. The van der Waals surface area contributed by atoms with Crippen LogP contribution in [0.2, 0.25) is 0 Å². The number of nitrogens with zero attached hydrogens (tertiary/aromatic N) is 2. The van der Waals surface area contributed by atoms with Crippen molar-refractivity contribution in [2.75, 3.05) is 4.31 Å². The predicted molar refractivity (Wildman–Crippen MR) is 88.2 cm³/mol. The lowest BCUT2D eigenvalue weighted by Crippen LogP contribution is -2.27. The lowest BCUT2D eigenvalue weighted by atomic mass is 10.1. The summed E-state index contributed by atoms with van der Waals surface area (Å²) in [6.45, 7) is 6.82. The first-order valence-corrected chi connectivity index (χ1v) is 8.80. The minimum absolute atomic E-state index is 0.146. The molecule has 0 radical (unpaired) electrons. The van der Waals surface area contributed by atoms with Gasteiger partial charge in [0.2, 0.25) is 0 Å². The largest absolute Gasteiger partial charge is 0.476 e. The summed E-state index contributed by atoms with van der Waals surface area (Å²) in [5, 5.41) is 9.50. The Morgan fingerprint density at radius 3 is 2.13 bits per heavy atom. The van der Waals surface area contributed by atoms with Crippen molar-refractivity contribution in [2.24, 2.45) is 0 Å². The molecule has 0 saturated heterocycles. The molecule has 2 N–H and O–H groups in total. The van der Waals surface area contributed by atoms with Crippen molar-refractivity contribution in [1.29, 1.82) is 0 Å². The molecule has 1 aromatic heterocycles. The van der Waals surface area contributed by atoms with Crippen LogP contribution in [0.15, 0.2) is 12.1 Å². The number of rotatable bonds is 4. The Balaban J connectivity index is 2.84. The quantitative estimate of drug-likeness (QED) is 0.815. The first-order chi connectivity index (χ1) is 10.5. The van der Waals surface area contributed by atoms with Gasteiger partial charge in [-0.2, -0.15) is 8.42 Å². The summed E-state index contributed by atoms with van der Waals surface area (Å²) in [5.41, 5.74) is 1.94. The second-order valence-corrected chi connectivity index (χ2v) is 7.62. The molecule has 0 bridgehead atoms. The number of thiazole rings is 1. The van der Waals surface area contributed by atoms with E-state index in [9.17, 15) is 22.9 Å². The molecule has 9 heteroatoms. The van der Waals surface area contributed by atoms with E-state index in [-0.39, 0.29) is 10.7 Å². The van der Waals surface area contributed by atoms with Crippen molar-refractivity contribution in [2.45, 2.75) is 27.7 Å². The molecule has 2 aromatic rings. The van der Waals surface area contributed by atoms with Crippen LogP contribution in [-0.4, -0.2) is 29.0 Å². The van der Waals surface area contributed by atoms with E-state index in [0.717, 1.165) is 16.9 Å². The fourth-order valence-electron chi connectivity index (χ4n) is 2.51. The summed E-state index contributed by atoms with van der Waals surface area (Å²) in [5.74, 6) is -1.36. The van der Waals surface area contributed by atoms with E-state index in [2.05, 4.69) is 4.98 Å². The van der Waals surface area contributed by atoms with Crippen LogP contribution in [0.4, 0.5) is 10.7 Å². The second kappa shape index (κ2) is 5.91. The van der Waals surface area contributed by atoms with Gasteiger partial charge in [0.15, 0.2) is 5.69 Å². The molecule has 1 aromatic carbocycles. The standard InChI is InChI=1S/C14H16N2O5S2/c1-7-5-8(2)12(9(3)6-7)16(23(19,20)21)13-11(14(17)18)15-10(4)22-13/h5-6H,1-4H3,(H,17,18)(H,19,20,21). The number of carbonyl (C=O) groups is 1. The minimum atomic E-state index is -4.73. The van der Waals surface area contributed by atoms with Crippen molar-refractivity contribution in [1.82, 2.24) is 4.98 Å². The summed E-state index contributed by atoms with van der Waals surface area (Å²) in [6.07, 6.45) is 0. The van der Waals surface area contributed by atoms with Crippen molar-refractivity contribution < 1.29 is 22.9 Å². The highest BCUT2D eigenvalue weighted by molar-refractivity contribution is 7.87. The van der Waals surface area contributed by atoms with E-state index in [1.165, 1.54) is 0 Å². The Morgan fingerprint density at radius 1 is 1.17 bits per heavy atom. The Labute approximate surface area is 138 Å². The van der Waals surface area contributed by atoms with Crippen LogP contribution < -0.4 is 4.31 Å². The number of hydrogen-bond donors (Lipinski definition) is 2. The van der Waals surface area contributed by atoms with Gasteiger partial charge < -0.3 is 5.11 Å². The average Bonchev–Trinajstić information content (AvgIpc) is 2.73. The SMILES string of the molecule is Cc1cc(C)c(N(c2sc(C)nc2C(=O)O)S(=O)(=O)O)c(C)c1. The van der Waals surface area contributed by atoms with E-state index in [4.69, 9.17) is 0 Å². The molecular weight excluding hydrogens is 340 g/mol. The van der Waals surface area contributed by atoms with Crippen LogP contribution in [0.5, 0.6) is 0 Å². The molecule has 0 aliphatic carbocycles.